The Kier molecular flexibility index (Phi) is 5.95. The zero-order valence-electron chi connectivity index (χ0n) is 14.3. The van der Waals surface area contributed by atoms with Crippen molar-refractivity contribution in [3.05, 3.63) is 23.8 Å². The van der Waals surface area contributed by atoms with Gasteiger partial charge < -0.3 is 9.47 Å². The Hall–Kier alpha value is -2.37. The number of nitrogens with zero attached hydrogens (tertiary/aromatic N) is 1. The van der Waals surface area contributed by atoms with Crippen molar-refractivity contribution in [2.24, 2.45) is 0 Å². The summed E-state index contributed by atoms with van der Waals surface area (Å²) in [5.74, 6) is -0.316. The molecule has 1 heterocycles. The van der Waals surface area contributed by atoms with Crippen molar-refractivity contribution >= 4 is 23.3 Å². The molecule has 1 aromatic rings. The van der Waals surface area contributed by atoms with E-state index < -0.39 is 12.0 Å². The minimum Gasteiger partial charge on any atom is -0.482 e. The highest BCUT2D eigenvalue weighted by molar-refractivity contribution is 6.05. The van der Waals surface area contributed by atoms with Crippen LogP contribution in [-0.4, -0.2) is 36.9 Å². The molecule has 24 heavy (non-hydrogen) atoms. The molecule has 0 saturated carbocycles. The molecule has 1 aliphatic rings. The van der Waals surface area contributed by atoms with E-state index in [0.717, 1.165) is 6.42 Å². The molecule has 0 saturated heterocycles. The number of ketones is 1. The zero-order valence-corrected chi connectivity index (χ0v) is 14.3. The van der Waals surface area contributed by atoms with E-state index in [2.05, 4.69) is 0 Å². The van der Waals surface area contributed by atoms with Crippen LogP contribution in [-0.2, 0) is 14.3 Å². The topological polar surface area (TPSA) is 72.9 Å². The number of rotatable bonds is 7. The van der Waals surface area contributed by atoms with Gasteiger partial charge in [0.1, 0.15) is 11.8 Å². The molecular formula is C18H23NO5. The molecule has 1 aliphatic heterocycles. The monoisotopic (exact) mass is 333 g/mol. The average molecular weight is 333 g/mol. The Morgan fingerprint density at radius 3 is 2.71 bits per heavy atom. The number of fused-ring (bicyclic) bond motifs is 1. The molecule has 0 fully saturated rings. The first-order valence-corrected chi connectivity index (χ1v) is 8.28. The lowest BCUT2D eigenvalue weighted by molar-refractivity contribution is -0.146. The van der Waals surface area contributed by atoms with Gasteiger partial charge in [-0.1, -0.05) is 13.8 Å². The number of hydrogen-bond donors (Lipinski definition) is 0. The second kappa shape index (κ2) is 7.95. The van der Waals surface area contributed by atoms with Crippen molar-refractivity contribution in [1.29, 1.82) is 0 Å². The highest BCUT2D eigenvalue weighted by Crippen LogP contribution is 2.35. The van der Waals surface area contributed by atoms with Gasteiger partial charge in [-0.2, -0.15) is 0 Å². The average Bonchev–Trinajstić information content (AvgIpc) is 2.58. The lowest BCUT2D eigenvalue weighted by atomic mass is 10.0. The number of esters is 1. The maximum absolute atomic E-state index is 12.3. The lowest BCUT2D eigenvalue weighted by Gasteiger charge is -2.33. The summed E-state index contributed by atoms with van der Waals surface area (Å²) in [4.78, 5) is 37.9. The number of anilines is 1. The highest BCUT2D eigenvalue weighted by atomic mass is 16.5. The van der Waals surface area contributed by atoms with Gasteiger partial charge in [-0.15, -0.1) is 0 Å². The third-order valence-electron chi connectivity index (χ3n) is 3.81. The van der Waals surface area contributed by atoms with Crippen molar-refractivity contribution in [2.75, 3.05) is 18.1 Å². The molecular weight excluding hydrogens is 310 g/mol. The quantitative estimate of drug-likeness (QED) is 0.567. The summed E-state index contributed by atoms with van der Waals surface area (Å²) in [5, 5.41) is 0. The number of carbonyl (C=O) groups is 3. The van der Waals surface area contributed by atoms with Gasteiger partial charge in [0.15, 0.2) is 12.4 Å². The van der Waals surface area contributed by atoms with Crippen LogP contribution < -0.4 is 9.64 Å². The van der Waals surface area contributed by atoms with Crippen LogP contribution in [0.3, 0.4) is 0 Å². The van der Waals surface area contributed by atoms with Gasteiger partial charge in [-0.25, -0.2) is 4.79 Å². The van der Waals surface area contributed by atoms with E-state index >= 15 is 0 Å². The van der Waals surface area contributed by atoms with Crippen LogP contribution in [0.5, 0.6) is 5.75 Å². The van der Waals surface area contributed by atoms with Crippen LogP contribution in [0.1, 0.15) is 50.4 Å². The van der Waals surface area contributed by atoms with Gasteiger partial charge in [0.2, 0.25) is 0 Å². The van der Waals surface area contributed by atoms with E-state index in [1.165, 1.54) is 4.90 Å². The van der Waals surface area contributed by atoms with Crippen LogP contribution in [0.4, 0.5) is 5.69 Å². The number of carbonyl (C=O) groups excluding carboxylic acids is 3. The molecule has 1 unspecified atom stereocenters. The van der Waals surface area contributed by atoms with Gasteiger partial charge in [0.05, 0.1) is 12.3 Å². The molecule has 0 aromatic heterocycles. The van der Waals surface area contributed by atoms with Gasteiger partial charge in [0.25, 0.3) is 5.91 Å². The van der Waals surface area contributed by atoms with Crippen molar-refractivity contribution in [1.82, 2.24) is 0 Å². The largest absolute Gasteiger partial charge is 0.482 e. The molecule has 1 aromatic carbocycles. The Bertz CT molecular complexity index is 640. The van der Waals surface area contributed by atoms with Crippen molar-refractivity contribution in [2.45, 2.75) is 46.1 Å². The summed E-state index contributed by atoms with van der Waals surface area (Å²) in [6.45, 7) is 5.62. The molecule has 6 heteroatoms. The third-order valence-corrected chi connectivity index (χ3v) is 3.81. The molecule has 1 atom stereocenters. The fourth-order valence-corrected chi connectivity index (χ4v) is 2.57. The number of ether oxygens (including phenoxy) is 2. The van der Waals surface area contributed by atoms with Gasteiger partial charge in [-0.3, -0.25) is 14.5 Å². The van der Waals surface area contributed by atoms with Gasteiger partial charge >= 0.3 is 5.97 Å². The Morgan fingerprint density at radius 1 is 1.29 bits per heavy atom. The lowest BCUT2D eigenvalue weighted by Crippen LogP contribution is -2.48. The first-order valence-electron chi connectivity index (χ1n) is 8.28. The van der Waals surface area contributed by atoms with Crippen molar-refractivity contribution < 1.29 is 23.9 Å². The predicted molar refractivity (Wildman–Crippen MR) is 89.4 cm³/mol. The van der Waals surface area contributed by atoms with Crippen LogP contribution in [0, 0.1) is 0 Å². The van der Waals surface area contributed by atoms with Crippen LogP contribution in [0.25, 0.3) is 0 Å². The summed E-state index contributed by atoms with van der Waals surface area (Å²) >= 11 is 0. The van der Waals surface area contributed by atoms with E-state index in [0.29, 0.717) is 36.4 Å². The first-order chi connectivity index (χ1) is 11.5. The summed E-state index contributed by atoms with van der Waals surface area (Å²) in [5.41, 5.74) is 0.946. The summed E-state index contributed by atoms with van der Waals surface area (Å²) < 4.78 is 10.6. The Balaban J connectivity index is 2.33. The number of Topliss-reactive ketones (excluding diaryl/α,β-unsaturated/α-hetero) is 1. The van der Waals surface area contributed by atoms with Crippen LogP contribution in [0.2, 0.25) is 0 Å². The van der Waals surface area contributed by atoms with Crippen molar-refractivity contribution in [3.63, 3.8) is 0 Å². The van der Waals surface area contributed by atoms with Crippen molar-refractivity contribution in [3.8, 4) is 5.75 Å². The standard InChI is InChI=1S/C18H23NO5/c1-4-6-15(20)13-7-8-16-14(10-13)19(17(21)11-24-16)12(3)18(22)23-9-5-2/h7-8,10,12H,4-6,9,11H2,1-3H3. The molecule has 0 spiro atoms. The number of amides is 1. The molecule has 1 amide bonds. The molecule has 0 N–H and O–H groups in total. The predicted octanol–water partition coefficient (Wildman–Crippen LogP) is 2.74. The Labute approximate surface area is 141 Å². The van der Waals surface area contributed by atoms with Gasteiger partial charge in [0, 0.05) is 12.0 Å². The van der Waals surface area contributed by atoms with Gasteiger partial charge in [-0.05, 0) is 38.0 Å². The number of hydrogen-bond acceptors (Lipinski definition) is 5. The maximum atomic E-state index is 12.3. The third kappa shape index (κ3) is 3.75. The van der Waals surface area contributed by atoms with E-state index in [4.69, 9.17) is 9.47 Å². The molecule has 2 rings (SSSR count). The minimum absolute atomic E-state index is 0.000477. The second-order valence-electron chi connectivity index (χ2n) is 5.75. The fourth-order valence-electron chi connectivity index (χ4n) is 2.57. The zero-order chi connectivity index (χ0) is 17.7. The SMILES string of the molecule is CCCOC(=O)C(C)N1C(=O)COc2ccc(C(=O)CCC)cc21. The van der Waals surface area contributed by atoms with E-state index in [9.17, 15) is 14.4 Å². The minimum atomic E-state index is -0.775. The highest BCUT2D eigenvalue weighted by Gasteiger charge is 2.34. The summed E-state index contributed by atoms with van der Waals surface area (Å²) in [6, 6.07) is 4.20. The smallest absolute Gasteiger partial charge is 0.328 e. The molecule has 0 radical (unpaired) electrons. The molecule has 0 bridgehead atoms. The van der Waals surface area contributed by atoms with E-state index in [1.54, 1.807) is 25.1 Å². The second-order valence-corrected chi connectivity index (χ2v) is 5.75. The summed E-state index contributed by atoms with van der Waals surface area (Å²) in [7, 11) is 0. The Morgan fingerprint density at radius 2 is 2.04 bits per heavy atom. The fraction of sp³-hybridized carbons (Fsp3) is 0.500. The van der Waals surface area contributed by atoms with E-state index in [1.807, 2.05) is 13.8 Å². The first kappa shape index (κ1) is 18.0. The molecule has 6 nitrogen and oxygen atoms in total. The van der Waals surface area contributed by atoms with Crippen LogP contribution in [0.15, 0.2) is 18.2 Å². The molecule has 0 aliphatic carbocycles. The molecule has 130 valence electrons. The van der Waals surface area contributed by atoms with E-state index in [-0.39, 0.29) is 18.3 Å². The maximum Gasteiger partial charge on any atom is 0.328 e. The summed E-state index contributed by atoms with van der Waals surface area (Å²) in [6.07, 6.45) is 1.89. The normalized spacial score (nSPS) is 14.6. The van der Waals surface area contributed by atoms with Crippen LogP contribution >= 0.6 is 0 Å². The number of benzene rings is 1.